The highest BCUT2D eigenvalue weighted by molar-refractivity contribution is 5.49. The van der Waals surface area contributed by atoms with Crippen LogP contribution >= 0.6 is 0 Å². The number of nitrogens with one attached hydrogen (secondary N) is 1. The van der Waals surface area contributed by atoms with Crippen molar-refractivity contribution in [3.63, 3.8) is 0 Å². The minimum Gasteiger partial charge on any atom is -0.494 e. The molecule has 3 rings (SSSR count). The second-order valence-electron chi connectivity index (χ2n) is 5.32. The average Bonchev–Trinajstić information content (AvgIpc) is 3.12. The summed E-state index contributed by atoms with van der Waals surface area (Å²) in [6.07, 6.45) is 4.08. The van der Waals surface area contributed by atoms with Crippen molar-refractivity contribution in [3.8, 4) is 5.75 Å². The maximum Gasteiger partial charge on any atom is 0.121 e. The van der Waals surface area contributed by atoms with E-state index in [0.717, 1.165) is 18.4 Å². The fourth-order valence-corrected chi connectivity index (χ4v) is 2.75. The van der Waals surface area contributed by atoms with Gasteiger partial charge in [-0.25, -0.2) is 0 Å². The number of likely N-dealkylation sites (tertiary alicyclic amines) is 1. The van der Waals surface area contributed by atoms with Gasteiger partial charge in [-0.2, -0.15) is 0 Å². The van der Waals surface area contributed by atoms with Gasteiger partial charge in [0.05, 0.1) is 6.61 Å². The number of rotatable bonds is 5. The molecule has 1 saturated heterocycles. The Bertz CT molecular complexity index is 403. The molecule has 3 heteroatoms. The summed E-state index contributed by atoms with van der Waals surface area (Å²) in [5.74, 6) is 0.958. The summed E-state index contributed by atoms with van der Waals surface area (Å²) in [7, 11) is 0. The van der Waals surface area contributed by atoms with Crippen molar-refractivity contribution in [2.75, 3.05) is 25.0 Å². The van der Waals surface area contributed by atoms with E-state index < -0.39 is 0 Å². The van der Waals surface area contributed by atoms with E-state index in [-0.39, 0.29) is 0 Å². The summed E-state index contributed by atoms with van der Waals surface area (Å²) in [6.45, 7) is 5.20. The summed E-state index contributed by atoms with van der Waals surface area (Å²) in [4.78, 5) is 2.63. The third kappa shape index (κ3) is 2.78. The first-order valence-electron chi connectivity index (χ1n) is 7.08. The zero-order valence-electron chi connectivity index (χ0n) is 11.1. The van der Waals surface area contributed by atoms with E-state index >= 15 is 0 Å². The van der Waals surface area contributed by atoms with Crippen molar-refractivity contribution in [2.24, 2.45) is 0 Å². The first kappa shape index (κ1) is 11.8. The summed E-state index contributed by atoms with van der Waals surface area (Å²) < 4.78 is 5.53. The molecule has 1 atom stereocenters. The largest absolute Gasteiger partial charge is 0.494 e. The Morgan fingerprint density at radius 1 is 1.33 bits per heavy atom. The van der Waals surface area contributed by atoms with Crippen LogP contribution in [0.15, 0.2) is 24.3 Å². The molecule has 1 aliphatic heterocycles. The Kier molecular flexibility index (Phi) is 3.41. The smallest absolute Gasteiger partial charge is 0.121 e. The summed E-state index contributed by atoms with van der Waals surface area (Å²) in [5.41, 5.74) is 1.18. The quantitative estimate of drug-likeness (QED) is 0.864. The molecule has 1 aromatic carbocycles. The second-order valence-corrected chi connectivity index (χ2v) is 5.32. The molecule has 1 aromatic rings. The maximum absolute atomic E-state index is 5.53. The van der Waals surface area contributed by atoms with E-state index in [0.29, 0.717) is 6.04 Å². The fraction of sp³-hybridized carbons (Fsp3) is 0.600. The summed E-state index contributed by atoms with van der Waals surface area (Å²) in [6, 6.07) is 9.79. The van der Waals surface area contributed by atoms with Crippen LogP contribution in [0.5, 0.6) is 5.75 Å². The van der Waals surface area contributed by atoms with Gasteiger partial charge in [-0.15, -0.1) is 0 Å². The van der Waals surface area contributed by atoms with Crippen LogP contribution in [0.1, 0.15) is 26.2 Å². The Labute approximate surface area is 109 Å². The first-order chi connectivity index (χ1) is 8.85. The van der Waals surface area contributed by atoms with Crippen molar-refractivity contribution < 1.29 is 4.74 Å². The van der Waals surface area contributed by atoms with Gasteiger partial charge in [0.1, 0.15) is 5.75 Å². The molecule has 98 valence electrons. The topological polar surface area (TPSA) is 24.5 Å². The third-order valence-electron chi connectivity index (χ3n) is 3.80. The highest BCUT2D eigenvalue weighted by atomic mass is 16.5. The minimum absolute atomic E-state index is 0.600. The van der Waals surface area contributed by atoms with Crippen LogP contribution in [0.4, 0.5) is 5.69 Å². The Morgan fingerprint density at radius 3 is 3.00 bits per heavy atom. The van der Waals surface area contributed by atoms with Crippen LogP contribution < -0.4 is 10.1 Å². The molecule has 0 aromatic heterocycles. The SMILES string of the molecule is CCOc1cccc(NC2CCN(C3CC3)C2)c1. The van der Waals surface area contributed by atoms with Gasteiger partial charge >= 0.3 is 0 Å². The van der Waals surface area contributed by atoms with E-state index in [1.165, 1.54) is 38.0 Å². The van der Waals surface area contributed by atoms with Crippen molar-refractivity contribution in [1.29, 1.82) is 0 Å². The zero-order valence-corrected chi connectivity index (χ0v) is 11.1. The van der Waals surface area contributed by atoms with Crippen LogP contribution in [-0.2, 0) is 0 Å². The standard InChI is InChI=1S/C15H22N2O/c1-2-18-15-5-3-4-12(10-15)16-13-8-9-17(11-13)14-6-7-14/h3-5,10,13-14,16H,2,6-9,11H2,1H3. The molecule has 3 nitrogen and oxygen atoms in total. The van der Waals surface area contributed by atoms with Gasteiger partial charge in [0.25, 0.3) is 0 Å². The first-order valence-corrected chi connectivity index (χ1v) is 7.08. The van der Waals surface area contributed by atoms with Crippen molar-refractivity contribution >= 4 is 5.69 Å². The van der Waals surface area contributed by atoms with Crippen LogP contribution in [0.2, 0.25) is 0 Å². The Morgan fingerprint density at radius 2 is 2.22 bits per heavy atom. The monoisotopic (exact) mass is 246 g/mol. The molecule has 0 amide bonds. The lowest BCUT2D eigenvalue weighted by Crippen LogP contribution is -2.27. The number of ether oxygens (including phenoxy) is 1. The lowest BCUT2D eigenvalue weighted by molar-refractivity contribution is 0.326. The lowest BCUT2D eigenvalue weighted by atomic mass is 10.2. The lowest BCUT2D eigenvalue weighted by Gasteiger charge is -2.17. The Balaban J connectivity index is 1.57. The fourth-order valence-electron chi connectivity index (χ4n) is 2.75. The summed E-state index contributed by atoms with van der Waals surface area (Å²) in [5, 5.41) is 3.63. The predicted molar refractivity (Wildman–Crippen MR) is 74.2 cm³/mol. The van der Waals surface area contributed by atoms with Crippen LogP contribution in [-0.4, -0.2) is 36.7 Å². The van der Waals surface area contributed by atoms with E-state index in [4.69, 9.17) is 4.74 Å². The average molecular weight is 246 g/mol. The van der Waals surface area contributed by atoms with Gasteiger partial charge in [-0.05, 0) is 38.3 Å². The molecule has 0 spiro atoms. The van der Waals surface area contributed by atoms with Crippen LogP contribution in [0, 0.1) is 0 Å². The highest BCUT2D eigenvalue weighted by Crippen LogP contribution is 2.30. The van der Waals surface area contributed by atoms with Gasteiger partial charge < -0.3 is 10.1 Å². The molecule has 2 aliphatic rings. The third-order valence-corrected chi connectivity index (χ3v) is 3.80. The van der Waals surface area contributed by atoms with Gasteiger partial charge in [0, 0.05) is 36.9 Å². The second kappa shape index (κ2) is 5.19. The maximum atomic E-state index is 5.53. The van der Waals surface area contributed by atoms with Crippen molar-refractivity contribution in [1.82, 2.24) is 4.90 Å². The number of nitrogens with zero attached hydrogens (tertiary/aromatic N) is 1. The minimum atomic E-state index is 0.600. The van der Waals surface area contributed by atoms with Gasteiger partial charge in [0.2, 0.25) is 0 Å². The van der Waals surface area contributed by atoms with Crippen LogP contribution in [0.3, 0.4) is 0 Å². The molecule has 1 unspecified atom stereocenters. The molecule has 18 heavy (non-hydrogen) atoms. The van der Waals surface area contributed by atoms with E-state index in [2.05, 4.69) is 28.4 Å². The van der Waals surface area contributed by atoms with Gasteiger partial charge in [-0.3, -0.25) is 4.90 Å². The molecule has 1 saturated carbocycles. The highest BCUT2D eigenvalue weighted by Gasteiger charge is 2.34. The number of hydrogen-bond acceptors (Lipinski definition) is 3. The molecular formula is C15H22N2O. The van der Waals surface area contributed by atoms with E-state index in [1.54, 1.807) is 0 Å². The molecule has 1 heterocycles. The molecule has 1 aliphatic carbocycles. The van der Waals surface area contributed by atoms with E-state index in [9.17, 15) is 0 Å². The number of benzene rings is 1. The van der Waals surface area contributed by atoms with E-state index in [1.807, 2.05) is 13.0 Å². The zero-order chi connectivity index (χ0) is 12.4. The predicted octanol–water partition coefficient (Wildman–Crippen LogP) is 2.73. The number of hydrogen-bond donors (Lipinski definition) is 1. The van der Waals surface area contributed by atoms with Gasteiger partial charge in [0.15, 0.2) is 0 Å². The molecule has 2 fully saturated rings. The van der Waals surface area contributed by atoms with Crippen molar-refractivity contribution in [3.05, 3.63) is 24.3 Å². The number of anilines is 1. The normalized spacial score (nSPS) is 24.2. The molecule has 0 bridgehead atoms. The van der Waals surface area contributed by atoms with Gasteiger partial charge in [-0.1, -0.05) is 6.07 Å². The molecule has 1 N–H and O–H groups in total. The summed E-state index contributed by atoms with van der Waals surface area (Å²) >= 11 is 0. The van der Waals surface area contributed by atoms with Crippen molar-refractivity contribution in [2.45, 2.75) is 38.3 Å². The molecule has 0 radical (unpaired) electrons. The Hall–Kier alpha value is -1.22. The molecular weight excluding hydrogens is 224 g/mol. The van der Waals surface area contributed by atoms with Crippen LogP contribution in [0.25, 0.3) is 0 Å².